The Kier molecular flexibility index (Phi) is 4.26. The van der Waals surface area contributed by atoms with Gasteiger partial charge < -0.3 is 16.3 Å². The van der Waals surface area contributed by atoms with Crippen LogP contribution in [0, 0.1) is 0 Å². The molecule has 1 amide bonds. The summed E-state index contributed by atoms with van der Waals surface area (Å²) in [4.78, 5) is 11.9. The molecule has 110 valence electrons. The van der Waals surface area contributed by atoms with E-state index in [-0.39, 0.29) is 11.4 Å². The fraction of sp³-hybridized carbons (Fsp3) is 0.333. The van der Waals surface area contributed by atoms with Crippen LogP contribution < -0.4 is 11.1 Å². The number of rotatable bonds is 3. The molecule has 0 saturated carbocycles. The van der Waals surface area contributed by atoms with Crippen LogP contribution in [0.4, 0.5) is 13.2 Å². The number of alkyl halides is 3. The van der Waals surface area contributed by atoms with Gasteiger partial charge >= 0.3 is 6.18 Å². The van der Waals surface area contributed by atoms with Gasteiger partial charge in [-0.15, -0.1) is 0 Å². The van der Waals surface area contributed by atoms with Crippen molar-refractivity contribution in [3.8, 4) is 0 Å². The summed E-state index contributed by atoms with van der Waals surface area (Å²) in [6, 6.07) is 3.98. The molecule has 1 rings (SSSR count). The van der Waals surface area contributed by atoms with E-state index < -0.39 is 23.2 Å². The number of halogens is 3. The van der Waals surface area contributed by atoms with Crippen LogP contribution in [-0.4, -0.2) is 22.5 Å². The van der Waals surface area contributed by atoms with E-state index in [1.165, 1.54) is 19.9 Å². The van der Waals surface area contributed by atoms with Gasteiger partial charge in [0.2, 0.25) is 0 Å². The lowest BCUT2D eigenvalue weighted by molar-refractivity contribution is -0.137. The number of benzene rings is 1. The van der Waals surface area contributed by atoms with Crippen molar-refractivity contribution in [1.82, 2.24) is 5.32 Å². The van der Waals surface area contributed by atoms with Gasteiger partial charge in [0.05, 0.1) is 11.1 Å². The third-order valence-electron chi connectivity index (χ3n) is 2.63. The third kappa shape index (κ3) is 3.62. The first kappa shape index (κ1) is 15.8. The maximum absolute atomic E-state index is 12.5. The molecule has 0 radical (unpaired) electrons. The topological polar surface area (TPSA) is 87.7 Å². The van der Waals surface area contributed by atoms with Gasteiger partial charge in [-0.05, 0) is 32.0 Å². The Bertz CT molecular complexity index is 539. The van der Waals surface area contributed by atoms with E-state index in [1.54, 1.807) is 0 Å². The highest BCUT2D eigenvalue weighted by Gasteiger charge is 2.32. The predicted octanol–water partition coefficient (Wildman–Crippen LogP) is 1.96. The van der Waals surface area contributed by atoms with E-state index in [4.69, 9.17) is 10.9 Å². The minimum Gasteiger partial charge on any atom is -0.409 e. The van der Waals surface area contributed by atoms with Crippen LogP contribution in [0.25, 0.3) is 0 Å². The summed E-state index contributed by atoms with van der Waals surface area (Å²) in [6.07, 6.45) is -4.53. The highest BCUT2D eigenvalue weighted by atomic mass is 19.4. The lowest BCUT2D eigenvalue weighted by atomic mass is 10.0. The minimum atomic E-state index is -4.53. The zero-order valence-electron chi connectivity index (χ0n) is 10.8. The van der Waals surface area contributed by atoms with Crippen LogP contribution in [0.15, 0.2) is 29.4 Å². The molecule has 5 nitrogen and oxygen atoms in total. The van der Waals surface area contributed by atoms with Crippen LogP contribution in [0.5, 0.6) is 0 Å². The lowest BCUT2D eigenvalue weighted by Crippen LogP contribution is -2.53. The number of amides is 1. The zero-order chi connectivity index (χ0) is 15.6. The molecular formula is C12H14F3N3O2. The number of carbonyl (C=O) groups excluding carboxylic acids is 1. The molecule has 0 aliphatic rings. The summed E-state index contributed by atoms with van der Waals surface area (Å²) in [5, 5.41) is 13.7. The van der Waals surface area contributed by atoms with Crippen molar-refractivity contribution in [2.45, 2.75) is 25.6 Å². The number of hydrogen-bond acceptors (Lipinski definition) is 3. The Morgan fingerprint density at radius 3 is 2.45 bits per heavy atom. The normalized spacial score (nSPS) is 13.2. The minimum absolute atomic E-state index is 0.168. The predicted molar refractivity (Wildman–Crippen MR) is 66.4 cm³/mol. The summed E-state index contributed by atoms with van der Waals surface area (Å²) in [7, 11) is 0. The molecule has 1 aromatic rings. The SMILES string of the molecule is CC(C)(NC(=O)c1cccc(C(F)(F)F)c1)/C(N)=N/O. The Morgan fingerprint density at radius 1 is 1.35 bits per heavy atom. The van der Waals surface area contributed by atoms with Crippen molar-refractivity contribution in [2.24, 2.45) is 10.9 Å². The van der Waals surface area contributed by atoms with Crippen LogP contribution >= 0.6 is 0 Å². The summed E-state index contributed by atoms with van der Waals surface area (Å²) in [5.74, 6) is -1.02. The Balaban J connectivity index is 3.00. The quantitative estimate of drug-likeness (QED) is 0.344. The first-order chi connectivity index (χ1) is 9.08. The molecule has 20 heavy (non-hydrogen) atoms. The van der Waals surface area contributed by atoms with Crippen molar-refractivity contribution in [3.05, 3.63) is 35.4 Å². The number of oxime groups is 1. The average Bonchev–Trinajstić information content (AvgIpc) is 2.36. The Labute approximate surface area is 113 Å². The van der Waals surface area contributed by atoms with Crippen LogP contribution in [0.3, 0.4) is 0 Å². The van der Waals surface area contributed by atoms with E-state index >= 15 is 0 Å². The van der Waals surface area contributed by atoms with E-state index in [9.17, 15) is 18.0 Å². The van der Waals surface area contributed by atoms with Crippen LogP contribution in [0.1, 0.15) is 29.8 Å². The summed E-state index contributed by atoms with van der Waals surface area (Å²) in [5.41, 5.74) is 3.09. The molecule has 0 saturated heterocycles. The van der Waals surface area contributed by atoms with Gasteiger partial charge in [-0.2, -0.15) is 13.2 Å². The van der Waals surface area contributed by atoms with Crippen molar-refractivity contribution in [2.75, 3.05) is 0 Å². The van der Waals surface area contributed by atoms with Gasteiger partial charge in [-0.25, -0.2) is 0 Å². The summed E-state index contributed by atoms with van der Waals surface area (Å²) in [6.45, 7) is 2.90. The highest BCUT2D eigenvalue weighted by Crippen LogP contribution is 2.29. The molecular weight excluding hydrogens is 275 g/mol. The standard InChI is InChI=1S/C12H14F3N3O2/c1-11(2,10(16)18-20)17-9(19)7-4-3-5-8(6-7)12(13,14)15/h3-6,20H,1-2H3,(H2,16,18)(H,17,19). The molecule has 0 fully saturated rings. The lowest BCUT2D eigenvalue weighted by Gasteiger charge is -2.24. The van der Waals surface area contributed by atoms with Crippen molar-refractivity contribution in [3.63, 3.8) is 0 Å². The molecule has 0 aliphatic heterocycles. The molecule has 0 aliphatic carbocycles. The largest absolute Gasteiger partial charge is 0.416 e. The second-order valence-corrected chi connectivity index (χ2v) is 4.64. The third-order valence-corrected chi connectivity index (χ3v) is 2.63. The zero-order valence-corrected chi connectivity index (χ0v) is 10.8. The van der Waals surface area contributed by atoms with Crippen molar-refractivity contribution in [1.29, 1.82) is 0 Å². The summed E-state index contributed by atoms with van der Waals surface area (Å²) < 4.78 is 37.6. The number of amidine groups is 1. The molecule has 0 bridgehead atoms. The number of hydrogen-bond donors (Lipinski definition) is 3. The van der Waals surface area contributed by atoms with Crippen molar-refractivity contribution < 1.29 is 23.2 Å². The summed E-state index contributed by atoms with van der Waals surface area (Å²) >= 11 is 0. The van der Waals surface area contributed by atoms with E-state index in [1.807, 2.05) is 0 Å². The van der Waals surface area contributed by atoms with E-state index in [0.29, 0.717) is 0 Å². The molecule has 4 N–H and O–H groups in total. The first-order valence-electron chi connectivity index (χ1n) is 5.55. The molecule has 0 unspecified atom stereocenters. The molecule has 8 heteroatoms. The van der Waals surface area contributed by atoms with Crippen LogP contribution in [-0.2, 0) is 6.18 Å². The smallest absolute Gasteiger partial charge is 0.409 e. The van der Waals surface area contributed by atoms with Gasteiger partial charge in [0.1, 0.15) is 0 Å². The molecule has 0 spiro atoms. The number of nitrogens with two attached hydrogens (primary N) is 1. The fourth-order valence-corrected chi connectivity index (χ4v) is 1.38. The molecule has 1 aromatic carbocycles. The molecule has 0 heterocycles. The second-order valence-electron chi connectivity index (χ2n) is 4.64. The molecule has 0 atom stereocenters. The average molecular weight is 289 g/mol. The van der Waals surface area contributed by atoms with Gasteiger partial charge in [0.15, 0.2) is 5.84 Å². The fourth-order valence-electron chi connectivity index (χ4n) is 1.38. The van der Waals surface area contributed by atoms with Crippen molar-refractivity contribution >= 4 is 11.7 Å². The van der Waals surface area contributed by atoms with E-state index in [2.05, 4.69) is 10.5 Å². The first-order valence-corrected chi connectivity index (χ1v) is 5.55. The Hall–Kier alpha value is -2.25. The Morgan fingerprint density at radius 2 is 1.95 bits per heavy atom. The van der Waals surface area contributed by atoms with Gasteiger partial charge in [0, 0.05) is 5.56 Å². The van der Waals surface area contributed by atoms with Gasteiger partial charge in [-0.3, -0.25) is 4.79 Å². The van der Waals surface area contributed by atoms with Gasteiger partial charge in [-0.1, -0.05) is 11.2 Å². The highest BCUT2D eigenvalue weighted by molar-refractivity contribution is 5.99. The molecule has 0 aromatic heterocycles. The number of carbonyl (C=O) groups is 1. The maximum Gasteiger partial charge on any atom is 0.416 e. The maximum atomic E-state index is 12.5. The number of nitrogens with zero attached hydrogens (tertiary/aromatic N) is 1. The van der Waals surface area contributed by atoms with E-state index in [0.717, 1.165) is 18.2 Å². The van der Waals surface area contributed by atoms with Crippen LogP contribution in [0.2, 0.25) is 0 Å². The van der Waals surface area contributed by atoms with Gasteiger partial charge in [0.25, 0.3) is 5.91 Å². The number of nitrogens with one attached hydrogen (secondary N) is 1. The monoisotopic (exact) mass is 289 g/mol. The second kappa shape index (κ2) is 5.40.